The fourth-order valence-corrected chi connectivity index (χ4v) is 17.3. The second-order valence-corrected chi connectivity index (χ2v) is 30.9. The Morgan fingerprint density at radius 1 is 0.131 bits per heavy atom. The summed E-state index contributed by atoms with van der Waals surface area (Å²) in [5.41, 5.74) is 29.5. The molecule has 7 heteroatoms. The second-order valence-electron chi connectivity index (χ2n) is 30.9. The number of benzene rings is 18. The van der Waals surface area contributed by atoms with Crippen LogP contribution < -0.4 is 4.74 Å². The maximum atomic E-state index is 6.99. The molecule has 1 aliphatic rings. The first-order chi connectivity index (χ1) is 60.4. The molecule has 0 saturated heterocycles. The molecule has 0 amide bonds. The smallest absolute Gasteiger partial charge is 0.164 e. The van der Waals surface area contributed by atoms with Crippen molar-refractivity contribution in [2.24, 2.45) is 0 Å². The van der Waals surface area contributed by atoms with E-state index in [0.29, 0.717) is 34.9 Å². The highest BCUT2D eigenvalue weighted by molar-refractivity contribution is 5.88. The fourth-order valence-electron chi connectivity index (χ4n) is 17.3. The highest BCUT2D eigenvalue weighted by Gasteiger charge is 2.45. The van der Waals surface area contributed by atoms with Crippen molar-refractivity contribution in [3.63, 3.8) is 0 Å². The summed E-state index contributed by atoms with van der Waals surface area (Å²) in [6, 6.07) is 163. The van der Waals surface area contributed by atoms with Crippen molar-refractivity contribution in [1.82, 2.24) is 29.9 Å². The molecule has 0 fully saturated rings. The lowest BCUT2D eigenvalue weighted by atomic mass is 9.63. The molecule has 0 bridgehead atoms. The standard InChI is InChI=1S/C115H76N6O/c1-9-33-77(34-10-1)91-63-92(78-35-11-2-12-36-78)68-99(67-91)111-116-109(117-112(120-111)100-69-93(79-37-13-3-14-38-79)64-94(70-100)80-39-15-4-16-40-80)89-53-29-49-85(61-89)87-51-31-55-103(75-87)115(105-57-25-27-59-107(105)122-108-60-28-26-58-106(108)115)104-56-32-52-88(76-104)86-50-30-54-90(62-86)110-118-113(101-71-95(81-41-17-5-18-42-81)65-96(72-101)82-43-19-6-20-44-82)121-114(119-110)102-73-97(83-45-21-7-22-46-83)66-98(74-102)84-47-23-8-24-48-84/h1-76H. The third-order valence-corrected chi connectivity index (χ3v) is 23.2. The van der Waals surface area contributed by atoms with Gasteiger partial charge >= 0.3 is 0 Å². The van der Waals surface area contributed by atoms with E-state index >= 15 is 0 Å². The minimum absolute atomic E-state index is 0.541. The average molecular weight is 1560 g/mol. The van der Waals surface area contributed by atoms with Gasteiger partial charge in [-0.25, -0.2) is 29.9 Å². The molecule has 0 aliphatic carbocycles. The number of nitrogens with zero attached hydrogens (tertiary/aromatic N) is 6. The molecule has 0 atom stereocenters. The van der Waals surface area contributed by atoms with Crippen molar-refractivity contribution in [3.8, 4) is 191 Å². The van der Waals surface area contributed by atoms with Crippen molar-refractivity contribution in [3.05, 3.63) is 483 Å². The van der Waals surface area contributed by atoms with Gasteiger partial charge in [-0.15, -0.1) is 0 Å². The summed E-state index contributed by atoms with van der Waals surface area (Å²) in [4.78, 5) is 33.3. The first-order valence-electron chi connectivity index (χ1n) is 41.2. The molecule has 20 aromatic rings. The number of fused-ring (bicyclic) bond motifs is 2. The van der Waals surface area contributed by atoms with Gasteiger partial charge in [-0.2, -0.15) is 0 Å². The van der Waals surface area contributed by atoms with Crippen LogP contribution in [0.5, 0.6) is 11.5 Å². The number of para-hydroxylation sites is 2. The predicted molar refractivity (Wildman–Crippen MR) is 499 cm³/mol. The Morgan fingerprint density at radius 3 is 0.549 bits per heavy atom. The molecular formula is C115H76N6O. The van der Waals surface area contributed by atoms with E-state index in [1.54, 1.807) is 0 Å². The molecule has 18 aromatic carbocycles. The summed E-state index contributed by atoms with van der Waals surface area (Å²) in [6.07, 6.45) is 0. The summed E-state index contributed by atoms with van der Waals surface area (Å²) in [5.74, 6) is 4.85. The molecule has 3 heterocycles. The van der Waals surface area contributed by atoms with E-state index in [2.05, 4.69) is 461 Å². The van der Waals surface area contributed by atoms with Gasteiger partial charge in [-0.05, 0) is 232 Å². The molecule has 1 aliphatic heterocycles. The Hall–Kier alpha value is -16.2. The molecular weight excluding hydrogens is 1480 g/mol. The normalized spacial score (nSPS) is 11.9. The van der Waals surface area contributed by atoms with Crippen LogP contribution in [0, 0.1) is 0 Å². The van der Waals surface area contributed by atoms with E-state index in [-0.39, 0.29) is 0 Å². The van der Waals surface area contributed by atoms with Gasteiger partial charge < -0.3 is 4.74 Å². The van der Waals surface area contributed by atoms with E-state index in [1.807, 2.05) is 0 Å². The van der Waals surface area contributed by atoms with E-state index in [0.717, 1.165) is 178 Å². The third kappa shape index (κ3) is 14.6. The highest BCUT2D eigenvalue weighted by Crippen LogP contribution is 2.56. The summed E-state index contributed by atoms with van der Waals surface area (Å²) in [7, 11) is 0. The van der Waals surface area contributed by atoms with Crippen LogP contribution >= 0.6 is 0 Å². The van der Waals surface area contributed by atoms with Crippen LogP contribution in [0.25, 0.3) is 180 Å². The van der Waals surface area contributed by atoms with E-state index in [4.69, 9.17) is 34.6 Å². The van der Waals surface area contributed by atoms with Crippen molar-refractivity contribution >= 4 is 0 Å². The number of aromatic nitrogens is 6. The SMILES string of the molecule is c1ccc(-c2cc(-c3ccccc3)cc(-c3nc(-c4cccc(-c5cccc(C6(c7cccc(-c8cccc(-c9nc(-c%10cc(-c%11ccccc%11)cc(-c%11ccccc%11)c%10)nc(-c%10cc(-c%11ccccc%11)cc(-c%11ccccc%11)c%10)n9)c8)c7)c7ccccc7Oc7ccccc76)c5)c4)nc(-c4cc(-c5ccccc5)cc(-c5ccccc5)c4)n3)c2)cc1. The lowest BCUT2D eigenvalue weighted by Gasteiger charge is -2.41. The largest absolute Gasteiger partial charge is 0.457 e. The van der Waals surface area contributed by atoms with Gasteiger partial charge in [0.25, 0.3) is 0 Å². The number of hydrogen-bond acceptors (Lipinski definition) is 7. The van der Waals surface area contributed by atoms with Crippen molar-refractivity contribution in [2.45, 2.75) is 5.41 Å². The number of hydrogen-bond donors (Lipinski definition) is 0. The third-order valence-electron chi connectivity index (χ3n) is 23.2. The maximum absolute atomic E-state index is 6.99. The first kappa shape index (κ1) is 73.4. The Morgan fingerprint density at radius 2 is 0.303 bits per heavy atom. The summed E-state index contributed by atoms with van der Waals surface area (Å²) < 4.78 is 6.99. The van der Waals surface area contributed by atoms with Crippen LogP contribution in [0.2, 0.25) is 0 Å². The van der Waals surface area contributed by atoms with Gasteiger partial charge in [0.05, 0.1) is 5.41 Å². The average Bonchev–Trinajstić information content (AvgIpc) is 0.701. The first-order valence-corrected chi connectivity index (χ1v) is 41.2. The second kappa shape index (κ2) is 32.3. The van der Waals surface area contributed by atoms with E-state index in [1.165, 1.54) is 0 Å². The topological polar surface area (TPSA) is 86.6 Å². The zero-order chi connectivity index (χ0) is 81.1. The number of rotatable bonds is 18. The predicted octanol–water partition coefficient (Wildman–Crippen LogP) is 29.2. The molecule has 122 heavy (non-hydrogen) atoms. The Kier molecular flexibility index (Phi) is 19.5. The highest BCUT2D eigenvalue weighted by atomic mass is 16.5. The Labute approximate surface area is 709 Å². The van der Waals surface area contributed by atoms with Gasteiger partial charge in [0.2, 0.25) is 0 Å². The van der Waals surface area contributed by atoms with Crippen LogP contribution in [-0.4, -0.2) is 29.9 Å². The van der Waals surface area contributed by atoms with Crippen molar-refractivity contribution in [1.29, 1.82) is 0 Å². The molecule has 0 unspecified atom stereocenters. The number of ether oxygens (including phenoxy) is 1. The molecule has 7 nitrogen and oxygen atoms in total. The molecule has 0 N–H and O–H groups in total. The minimum Gasteiger partial charge on any atom is -0.457 e. The van der Waals surface area contributed by atoms with Crippen LogP contribution in [0.1, 0.15) is 22.3 Å². The molecule has 0 radical (unpaired) electrons. The van der Waals surface area contributed by atoms with Gasteiger partial charge in [0, 0.05) is 44.5 Å². The molecule has 21 rings (SSSR count). The summed E-state index contributed by atoms with van der Waals surface area (Å²) >= 11 is 0. The maximum Gasteiger partial charge on any atom is 0.164 e. The fraction of sp³-hybridized carbons (Fsp3) is 0.00870. The summed E-state index contributed by atoms with van der Waals surface area (Å²) in [5, 5.41) is 0. The lowest BCUT2D eigenvalue weighted by Crippen LogP contribution is -2.34. The zero-order valence-corrected chi connectivity index (χ0v) is 66.5. The monoisotopic (exact) mass is 1560 g/mol. The van der Waals surface area contributed by atoms with Crippen molar-refractivity contribution < 1.29 is 4.74 Å². The van der Waals surface area contributed by atoms with Gasteiger partial charge in [0.1, 0.15) is 11.5 Å². The van der Waals surface area contributed by atoms with Crippen LogP contribution in [0.15, 0.2) is 461 Å². The molecule has 572 valence electrons. The van der Waals surface area contributed by atoms with Crippen LogP contribution in [0.3, 0.4) is 0 Å². The summed E-state index contributed by atoms with van der Waals surface area (Å²) in [6.45, 7) is 0. The van der Waals surface area contributed by atoms with E-state index < -0.39 is 5.41 Å². The van der Waals surface area contributed by atoms with Crippen LogP contribution in [-0.2, 0) is 5.41 Å². The van der Waals surface area contributed by atoms with E-state index in [9.17, 15) is 0 Å². The molecule has 0 spiro atoms. The van der Waals surface area contributed by atoms with Gasteiger partial charge in [-0.1, -0.05) is 352 Å². The molecule has 0 saturated carbocycles. The quantitative estimate of drug-likeness (QED) is 0.0846. The Bertz CT molecular complexity index is 6300. The molecule has 2 aromatic heterocycles. The van der Waals surface area contributed by atoms with Crippen LogP contribution in [0.4, 0.5) is 0 Å². The Balaban J connectivity index is 0.709. The zero-order valence-electron chi connectivity index (χ0n) is 66.5. The van der Waals surface area contributed by atoms with Crippen molar-refractivity contribution in [2.75, 3.05) is 0 Å². The lowest BCUT2D eigenvalue weighted by molar-refractivity contribution is 0.434. The van der Waals surface area contributed by atoms with Gasteiger partial charge in [-0.3, -0.25) is 0 Å². The minimum atomic E-state index is -0.914. The van der Waals surface area contributed by atoms with Gasteiger partial charge in [0.15, 0.2) is 34.9 Å².